The van der Waals surface area contributed by atoms with Crippen molar-refractivity contribution < 1.29 is 9.53 Å². The summed E-state index contributed by atoms with van der Waals surface area (Å²) >= 11 is 6.19. The second-order valence-electron chi connectivity index (χ2n) is 6.29. The molecule has 3 rings (SSSR count). The molecule has 0 aromatic heterocycles. The van der Waals surface area contributed by atoms with E-state index in [0.717, 1.165) is 22.4 Å². The summed E-state index contributed by atoms with van der Waals surface area (Å²) in [5.41, 5.74) is 3.69. The number of nitrogens with zero attached hydrogens (tertiary/aromatic N) is 1. The zero-order chi connectivity index (χ0) is 19.8. The summed E-state index contributed by atoms with van der Waals surface area (Å²) in [4.78, 5) is 17.2. The maximum absolute atomic E-state index is 12.2. The summed E-state index contributed by atoms with van der Waals surface area (Å²) in [6, 6.07) is 27.0. The molecule has 0 fully saturated rings. The molecular formula is C24H22ClNO2. The molecule has 0 saturated heterocycles. The molecule has 0 radical (unpaired) electrons. The third-order valence-corrected chi connectivity index (χ3v) is 4.51. The Morgan fingerprint density at radius 1 is 0.929 bits per heavy atom. The van der Waals surface area contributed by atoms with E-state index in [-0.39, 0.29) is 12.4 Å². The van der Waals surface area contributed by atoms with Crippen LogP contribution >= 0.6 is 11.6 Å². The molecule has 0 N–H and O–H groups in total. The van der Waals surface area contributed by atoms with E-state index in [0.29, 0.717) is 11.6 Å². The lowest BCUT2D eigenvalue weighted by molar-refractivity contribution is -0.143. The highest BCUT2D eigenvalue weighted by atomic mass is 35.5. The van der Waals surface area contributed by atoms with Crippen molar-refractivity contribution in [1.82, 2.24) is 0 Å². The van der Waals surface area contributed by atoms with Crippen LogP contribution in [0.2, 0.25) is 5.02 Å². The van der Waals surface area contributed by atoms with E-state index in [9.17, 15) is 4.79 Å². The number of rotatable bonds is 7. The van der Waals surface area contributed by atoms with Gasteiger partial charge < -0.3 is 4.74 Å². The van der Waals surface area contributed by atoms with Crippen molar-refractivity contribution in [2.75, 3.05) is 6.61 Å². The van der Waals surface area contributed by atoms with Crippen LogP contribution in [-0.4, -0.2) is 18.3 Å². The number of hydrogen-bond acceptors (Lipinski definition) is 3. The Hall–Kier alpha value is -2.91. The fraction of sp³-hybridized carbons (Fsp3) is 0.167. The van der Waals surface area contributed by atoms with Gasteiger partial charge in [-0.3, -0.25) is 9.79 Å². The predicted octanol–water partition coefficient (Wildman–Crippen LogP) is 5.87. The minimum Gasteiger partial charge on any atom is -0.466 e. The number of aliphatic imine (C=N–C) groups is 1. The number of benzene rings is 3. The van der Waals surface area contributed by atoms with Gasteiger partial charge in [-0.2, -0.15) is 0 Å². The van der Waals surface area contributed by atoms with Crippen LogP contribution in [0.15, 0.2) is 89.9 Å². The molecular weight excluding hydrogens is 370 g/mol. The molecule has 0 aliphatic rings. The van der Waals surface area contributed by atoms with E-state index >= 15 is 0 Å². The number of carbonyl (C=O) groups excluding carboxylic acids is 1. The Morgan fingerprint density at radius 2 is 1.54 bits per heavy atom. The van der Waals surface area contributed by atoms with Crippen molar-refractivity contribution in [3.8, 4) is 0 Å². The number of halogens is 1. The Morgan fingerprint density at radius 3 is 2.07 bits per heavy atom. The lowest BCUT2D eigenvalue weighted by Gasteiger charge is -2.16. The maximum atomic E-state index is 12.2. The van der Waals surface area contributed by atoms with E-state index in [1.165, 1.54) is 0 Å². The fourth-order valence-electron chi connectivity index (χ4n) is 2.99. The van der Waals surface area contributed by atoms with E-state index in [2.05, 4.69) is 0 Å². The van der Waals surface area contributed by atoms with E-state index < -0.39 is 6.04 Å². The summed E-state index contributed by atoms with van der Waals surface area (Å²) in [6.07, 6.45) is 0.150. The summed E-state index contributed by atoms with van der Waals surface area (Å²) in [7, 11) is 0. The van der Waals surface area contributed by atoms with Crippen molar-refractivity contribution in [2.24, 2.45) is 4.99 Å². The van der Waals surface area contributed by atoms with Gasteiger partial charge >= 0.3 is 5.97 Å². The van der Waals surface area contributed by atoms with Crippen LogP contribution in [0.4, 0.5) is 0 Å². The van der Waals surface area contributed by atoms with Crippen LogP contribution < -0.4 is 0 Å². The highest BCUT2D eigenvalue weighted by molar-refractivity contribution is 6.30. The molecule has 0 amide bonds. The summed E-state index contributed by atoms with van der Waals surface area (Å²) < 4.78 is 5.18. The van der Waals surface area contributed by atoms with Crippen molar-refractivity contribution in [3.63, 3.8) is 0 Å². The van der Waals surface area contributed by atoms with E-state index in [4.69, 9.17) is 21.3 Å². The van der Waals surface area contributed by atoms with Crippen LogP contribution in [0, 0.1) is 0 Å². The molecule has 3 aromatic carbocycles. The van der Waals surface area contributed by atoms with Gasteiger partial charge in [0.2, 0.25) is 0 Å². The Bertz CT molecular complexity index is 898. The molecule has 0 heterocycles. The molecule has 3 aromatic rings. The van der Waals surface area contributed by atoms with E-state index in [1.807, 2.05) is 84.9 Å². The first-order chi connectivity index (χ1) is 13.7. The highest BCUT2D eigenvalue weighted by Crippen LogP contribution is 2.27. The van der Waals surface area contributed by atoms with Gasteiger partial charge in [0.15, 0.2) is 0 Å². The molecule has 3 nitrogen and oxygen atoms in total. The number of esters is 1. The normalized spacial score (nSPS) is 11.5. The quantitative estimate of drug-likeness (QED) is 0.373. The third kappa shape index (κ3) is 5.30. The van der Waals surface area contributed by atoms with Gasteiger partial charge in [0.25, 0.3) is 0 Å². The molecule has 1 atom stereocenters. The van der Waals surface area contributed by atoms with Crippen molar-refractivity contribution >= 4 is 23.3 Å². The third-order valence-electron chi connectivity index (χ3n) is 4.28. The first kappa shape index (κ1) is 19.8. The molecule has 0 saturated carbocycles. The second kappa shape index (κ2) is 9.86. The number of hydrogen-bond donors (Lipinski definition) is 0. The second-order valence-corrected chi connectivity index (χ2v) is 6.73. The fourth-order valence-corrected chi connectivity index (χ4v) is 3.19. The van der Waals surface area contributed by atoms with Crippen LogP contribution in [0.1, 0.15) is 36.1 Å². The maximum Gasteiger partial charge on any atom is 0.308 e. The molecule has 0 aliphatic heterocycles. The Balaban J connectivity index is 2.09. The summed E-state index contributed by atoms with van der Waals surface area (Å²) in [6.45, 7) is 2.14. The van der Waals surface area contributed by atoms with Gasteiger partial charge in [-0.15, -0.1) is 0 Å². The number of carbonyl (C=O) groups is 1. The van der Waals surface area contributed by atoms with Gasteiger partial charge in [0, 0.05) is 16.1 Å². The Kier molecular flexibility index (Phi) is 6.99. The molecule has 142 valence electrons. The molecule has 0 bridgehead atoms. The smallest absolute Gasteiger partial charge is 0.308 e. The summed E-state index contributed by atoms with van der Waals surface area (Å²) in [5.74, 6) is -0.281. The minimum atomic E-state index is -0.395. The highest BCUT2D eigenvalue weighted by Gasteiger charge is 2.19. The van der Waals surface area contributed by atoms with Crippen LogP contribution in [0.3, 0.4) is 0 Å². The summed E-state index contributed by atoms with van der Waals surface area (Å²) in [5, 5.41) is 0.613. The van der Waals surface area contributed by atoms with Gasteiger partial charge in [0.05, 0.1) is 24.8 Å². The van der Waals surface area contributed by atoms with Crippen LogP contribution in [-0.2, 0) is 9.53 Å². The largest absolute Gasteiger partial charge is 0.466 e. The SMILES string of the molecule is CCOC(=O)CC(N=C(c1ccccc1)c1ccccc1)c1cccc(Cl)c1. The monoisotopic (exact) mass is 391 g/mol. The van der Waals surface area contributed by atoms with Crippen molar-refractivity contribution in [1.29, 1.82) is 0 Å². The van der Waals surface area contributed by atoms with Gasteiger partial charge in [-0.05, 0) is 24.6 Å². The van der Waals surface area contributed by atoms with Gasteiger partial charge in [-0.1, -0.05) is 84.4 Å². The van der Waals surface area contributed by atoms with Crippen LogP contribution in [0.5, 0.6) is 0 Å². The minimum absolute atomic E-state index is 0.150. The molecule has 1 unspecified atom stereocenters. The van der Waals surface area contributed by atoms with Crippen molar-refractivity contribution in [2.45, 2.75) is 19.4 Å². The van der Waals surface area contributed by atoms with Crippen molar-refractivity contribution in [3.05, 3.63) is 107 Å². The lowest BCUT2D eigenvalue weighted by Crippen LogP contribution is -2.12. The van der Waals surface area contributed by atoms with Gasteiger partial charge in [-0.25, -0.2) is 0 Å². The molecule has 28 heavy (non-hydrogen) atoms. The standard InChI is InChI=1S/C24H22ClNO2/c1-2-28-23(27)17-22(20-14-9-15-21(25)16-20)26-24(18-10-5-3-6-11-18)19-12-7-4-8-13-19/h3-16,22H,2,17H2,1H3. The topological polar surface area (TPSA) is 38.7 Å². The average molecular weight is 392 g/mol. The van der Waals surface area contributed by atoms with Crippen LogP contribution in [0.25, 0.3) is 0 Å². The van der Waals surface area contributed by atoms with E-state index in [1.54, 1.807) is 6.92 Å². The molecule has 4 heteroatoms. The Labute approximate surface area is 170 Å². The average Bonchev–Trinajstić information content (AvgIpc) is 2.72. The zero-order valence-corrected chi connectivity index (χ0v) is 16.5. The predicted molar refractivity (Wildman–Crippen MR) is 114 cm³/mol. The number of ether oxygens (including phenoxy) is 1. The van der Waals surface area contributed by atoms with Gasteiger partial charge in [0.1, 0.15) is 0 Å². The lowest BCUT2D eigenvalue weighted by atomic mass is 9.99. The zero-order valence-electron chi connectivity index (χ0n) is 15.7. The first-order valence-electron chi connectivity index (χ1n) is 9.27. The first-order valence-corrected chi connectivity index (χ1v) is 9.65. The molecule has 0 spiro atoms. The molecule has 0 aliphatic carbocycles.